The van der Waals surface area contributed by atoms with Crippen LogP contribution >= 0.6 is 23.3 Å². The highest BCUT2D eigenvalue weighted by molar-refractivity contribution is 7.98. The Morgan fingerprint density at radius 1 is 1.36 bits per heavy atom. The minimum absolute atomic E-state index is 0.00815. The second-order valence-electron chi connectivity index (χ2n) is 8.30. The summed E-state index contributed by atoms with van der Waals surface area (Å²) in [7, 11) is 0. The summed E-state index contributed by atoms with van der Waals surface area (Å²) in [6, 6.07) is 6.21. The van der Waals surface area contributed by atoms with E-state index in [1.54, 1.807) is 46.7 Å². The van der Waals surface area contributed by atoms with E-state index >= 15 is 0 Å². The standard InChI is InChI=1S/C21H26N6O4S2/c1-14-18(33-24-23-14)20(29)25-10-8-21(9-11-25)22-16(7-12-32-2)19(28)26(21)13-15-5-3-4-6-17(15)27(30)31/h3-6,16,22H,7-13H2,1-2H3. The number of carbonyl (C=O) groups is 2. The molecule has 0 saturated carbocycles. The summed E-state index contributed by atoms with van der Waals surface area (Å²) in [5.41, 5.74) is 0.498. The number of nitro benzene ring substituents is 1. The maximum atomic E-state index is 13.4. The van der Waals surface area contributed by atoms with Crippen LogP contribution in [0.4, 0.5) is 5.69 Å². The summed E-state index contributed by atoms with van der Waals surface area (Å²) >= 11 is 2.77. The van der Waals surface area contributed by atoms with Crippen LogP contribution in [-0.4, -0.2) is 72.9 Å². The van der Waals surface area contributed by atoms with E-state index in [0.29, 0.717) is 48.5 Å². The lowest BCUT2D eigenvalue weighted by molar-refractivity contribution is -0.385. The minimum atomic E-state index is -0.637. The van der Waals surface area contributed by atoms with Gasteiger partial charge in [-0.25, -0.2) is 0 Å². The van der Waals surface area contributed by atoms with E-state index in [0.717, 1.165) is 17.3 Å². The maximum absolute atomic E-state index is 13.4. The van der Waals surface area contributed by atoms with Gasteiger partial charge in [0.2, 0.25) is 5.91 Å². The summed E-state index contributed by atoms with van der Waals surface area (Å²) < 4.78 is 3.86. The van der Waals surface area contributed by atoms with E-state index in [-0.39, 0.29) is 30.1 Å². The van der Waals surface area contributed by atoms with Crippen LogP contribution in [0.1, 0.15) is 40.2 Å². The Hall–Kier alpha value is -2.57. The average Bonchev–Trinajstić information content (AvgIpc) is 3.35. The summed E-state index contributed by atoms with van der Waals surface area (Å²) in [6.07, 6.45) is 3.78. The predicted octanol–water partition coefficient (Wildman–Crippen LogP) is 2.44. The normalized spacial score (nSPS) is 19.9. The maximum Gasteiger partial charge on any atom is 0.274 e. The van der Waals surface area contributed by atoms with Gasteiger partial charge in [-0.05, 0) is 36.9 Å². The van der Waals surface area contributed by atoms with Crippen LogP contribution in [0.15, 0.2) is 24.3 Å². The van der Waals surface area contributed by atoms with Gasteiger partial charge in [0.15, 0.2) is 0 Å². The van der Waals surface area contributed by atoms with Crippen LogP contribution < -0.4 is 5.32 Å². The van der Waals surface area contributed by atoms with Crippen LogP contribution in [0.2, 0.25) is 0 Å². The van der Waals surface area contributed by atoms with Crippen molar-refractivity contribution < 1.29 is 14.5 Å². The number of nitrogens with zero attached hydrogens (tertiary/aromatic N) is 5. The number of likely N-dealkylation sites (tertiary alicyclic amines) is 1. The fourth-order valence-electron chi connectivity index (χ4n) is 4.58. The van der Waals surface area contributed by atoms with E-state index in [2.05, 4.69) is 14.9 Å². The molecule has 12 heteroatoms. The van der Waals surface area contributed by atoms with E-state index in [9.17, 15) is 19.7 Å². The van der Waals surface area contributed by atoms with Crippen molar-refractivity contribution in [2.24, 2.45) is 0 Å². The minimum Gasteiger partial charge on any atom is -0.338 e. The Morgan fingerprint density at radius 3 is 2.73 bits per heavy atom. The topological polar surface area (TPSA) is 122 Å². The Bertz CT molecular complexity index is 1050. The van der Waals surface area contributed by atoms with E-state index in [1.165, 1.54) is 6.07 Å². The van der Waals surface area contributed by atoms with Gasteiger partial charge in [0.05, 0.1) is 28.9 Å². The number of hydrogen-bond donors (Lipinski definition) is 1. The lowest BCUT2D eigenvalue weighted by Gasteiger charge is -2.44. The number of hydrogen-bond acceptors (Lipinski definition) is 9. The average molecular weight is 491 g/mol. The Kier molecular flexibility index (Phi) is 6.96. The molecule has 2 aromatic rings. The van der Waals surface area contributed by atoms with Gasteiger partial charge in [0, 0.05) is 37.6 Å². The SMILES string of the molecule is CSCCC1NC2(CCN(C(=O)c3snnc3C)CC2)N(Cc2ccccc2[N+](=O)[O-])C1=O. The third kappa shape index (κ3) is 4.59. The van der Waals surface area contributed by atoms with Gasteiger partial charge in [-0.15, -0.1) is 5.10 Å². The largest absolute Gasteiger partial charge is 0.338 e. The first-order chi connectivity index (χ1) is 15.9. The molecule has 2 aliphatic heterocycles. The zero-order valence-corrected chi connectivity index (χ0v) is 20.2. The first-order valence-electron chi connectivity index (χ1n) is 10.7. The van der Waals surface area contributed by atoms with Crippen molar-refractivity contribution in [3.63, 3.8) is 0 Å². The molecule has 0 aliphatic carbocycles. The van der Waals surface area contributed by atoms with Crippen molar-refractivity contribution >= 4 is 40.8 Å². The fourth-order valence-corrected chi connectivity index (χ4v) is 5.68. The zero-order valence-electron chi connectivity index (χ0n) is 18.5. The number of amides is 2. The molecule has 1 atom stereocenters. The van der Waals surface area contributed by atoms with E-state index < -0.39 is 10.6 Å². The second kappa shape index (κ2) is 9.74. The fraction of sp³-hybridized carbons (Fsp3) is 0.524. The molecule has 3 heterocycles. The Morgan fingerprint density at radius 2 is 2.09 bits per heavy atom. The molecule has 176 valence electrons. The highest BCUT2D eigenvalue weighted by Crippen LogP contribution is 2.36. The number of piperidine rings is 1. The number of nitro groups is 1. The van der Waals surface area contributed by atoms with Crippen molar-refractivity contribution in [3.8, 4) is 0 Å². The van der Waals surface area contributed by atoms with E-state index in [4.69, 9.17) is 0 Å². The summed E-state index contributed by atoms with van der Waals surface area (Å²) in [4.78, 5) is 41.5. The summed E-state index contributed by atoms with van der Waals surface area (Å²) in [6.45, 7) is 2.87. The molecule has 0 radical (unpaired) electrons. The number of carbonyl (C=O) groups excluding carboxylic acids is 2. The van der Waals surface area contributed by atoms with Crippen molar-refractivity contribution in [2.75, 3.05) is 25.1 Å². The third-order valence-corrected chi connectivity index (χ3v) is 7.83. The molecule has 2 saturated heterocycles. The molecule has 0 bridgehead atoms. The van der Waals surface area contributed by atoms with Gasteiger partial charge in [-0.3, -0.25) is 25.0 Å². The number of rotatable bonds is 7. The molecule has 1 N–H and O–H groups in total. The highest BCUT2D eigenvalue weighted by atomic mass is 32.2. The van der Waals surface area contributed by atoms with Crippen LogP contribution in [0, 0.1) is 17.0 Å². The number of benzene rings is 1. The molecular formula is C21H26N6O4S2. The molecule has 2 fully saturated rings. The van der Waals surface area contributed by atoms with Crippen LogP contribution in [-0.2, 0) is 11.3 Å². The van der Waals surface area contributed by atoms with Crippen molar-refractivity contribution in [2.45, 2.75) is 44.4 Å². The van der Waals surface area contributed by atoms with Gasteiger partial charge in [-0.1, -0.05) is 22.7 Å². The number of thioether (sulfide) groups is 1. The molecule has 10 nitrogen and oxygen atoms in total. The monoisotopic (exact) mass is 490 g/mol. The Balaban J connectivity index is 1.57. The molecule has 1 aromatic heterocycles. The number of nitrogens with one attached hydrogen (secondary N) is 1. The molecule has 2 amide bonds. The van der Waals surface area contributed by atoms with Gasteiger partial charge >= 0.3 is 0 Å². The van der Waals surface area contributed by atoms with Gasteiger partial charge in [0.25, 0.3) is 11.6 Å². The van der Waals surface area contributed by atoms with Gasteiger partial charge in [0.1, 0.15) is 4.88 Å². The zero-order chi connectivity index (χ0) is 23.6. The smallest absolute Gasteiger partial charge is 0.274 e. The molecule has 1 spiro atoms. The van der Waals surface area contributed by atoms with Crippen molar-refractivity contribution in [3.05, 3.63) is 50.5 Å². The molecule has 4 rings (SSSR count). The first kappa shape index (κ1) is 23.6. The molecule has 2 aliphatic rings. The van der Waals surface area contributed by atoms with Crippen molar-refractivity contribution in [1.29, 1.82) is 0 Å². The van der Waals surface area contributed by atoms with Crippen molar-refractivity contribution in [1.82, 2.24) is 24.7 Å². The summed E-state index contributed by atoms with van der Waals surface area (Å²) in [5, 5.41) is 19.0. The number of aryl methyl sites for hydroxylation is 1. The summed E-state index contributed by atoms with van der Waals surface area (Å²) in [5.74, 6) is 0.705. The Labute approximate surface area is 200 Å². The lowest BCUT2D eigenvalue weighted by Crippen LogP contribution is -2.59. The highest BCUT2D eigenvalue weighted by Gasteiger charge is 2.52. The number of aromatic nitrogens is 2. The quantitative estimate of drug-likeness (QED) is 0.464. The van der Waals surface area contributed by atoms with Crippen LogP contribution in [0.25, 0.3) is 0 Å². The van der Waals surface area contributed by atoms with Crippen LogP contribution in [0.5, 0.6) is 0 Å². The molecule has 1 unspecified atom stereocenters. The van der Waals surface area contributed by atoms with Crippen LogP contribution in [0.3, 0.4) is 0 Å². The first-order valence-corrected chi connectivity index (χ1v) is 12.9. The second-order valence-corrected chi connectivity index (χ2v) is 10.0. The third-order valence-electron chi connectivity index (χ3n) is 6.37. The van der Waals surface area contributed by atoms with E-state index in [1.807, 2.05) is 6.26 Å². The predicted molar refractivity (Wildman–Crippen MR) is 126 cm³/mol. The lowest BCUT2D eigenvalue weighted by atomic mass is 9.95. The van der Waals surface area contributed by atoms with Gasteiger partial charge < -0.3 is 9.80 Å². The number of para-hydroxylation sites is 1. The molecule has 33 heavy (non-hydrogen) atoms. The van der Waals surface area contributed by atoms with Gasteiger partial charge in [-0.2, -0.15) is 11.8 Å². The molecule has 1 aromatic carbocycles. The molecular weight excluding hydrogens is 464 g/mol.